The summed E-state index contributed by atoms with van der Waals surface area (Å²) in [4.78, 5) is 0.152. The first-order valence-corrected chi connectivity index (χ1v) is 6.38. The molecule has 16 heavy (non-hydrogen) atoms. The van der Waals surface area contributed by atoms with E-state index in [1.165, 1.54) is 12.1 Å². The lowest BCUT2D eigenvalue weighted by Gasteiger charge is -2.10. The van der Waals surface area contributed by atoms with Crippen molar-refractivity contribution in [2.75, 3.05) is 0 Å². The second-order valence-electron chi connectivity index (χ2n) is 3.99. The Morgan fingerprint density at radius 1 is 1.31 bits per heavy atom. The summed E-state index contributed by atoms with van der Waals surface area (Å²) < 4.78 is 28.7. The molecule has 4 heteroatoms. The van der Waals surface area contributed by atoms with Crippen LogP contribution in [0.4, 0.5) is 0 Å². The molecule has 1 fully saturated rings. The van der Waals surface area contributed by atoms with Gasteiger partial charge in [-0.15, -0.1) is 6.42 Å². The lowest BCUT2D eigenvalue weighted by molar-refractivity contribution is 0.247. The maximum absolute atomic E-state index is 11.8. The number of hydrogen-bond acceptors (Lipinski definition) is 3. The topological polar surface area (TPSA) is 43.4 Å². The van der Waals surface area contributed by atoms with E-state index in [2.05, 4.69) is 5.92 Å². The van der Waals surface area contributed by atoms with Crippen LogP contribution in [0.2, 0.25) is 0 Å². The first-order valence-electron chi connectivity index (χ1n) is 4.98. The highest BCUT2D eigenvalue weighted by atomic mass is 32.2. The highest BCUT2D eigenvalue weighted by molar-refractivity contribution is 7.86. The Balaban J connectivity index is 2.27. The second-order valence-corrected chi connectivity index (χ2v) is 5.54. The van der Waals surface area contributed by atoms with Gasteiger partial charge in [0.2, 0.25) is 0 Å². The van der Waals surface area contributed by atoms with Crippen LogP contribution in [0.15, 0.2) is 29.2 Å². The van der Waals surface area contributed by atoms with Crippen LogP contribution < -0.4 is 0 Å². The molecule has 0 atom stereocenters. The minimum atomic E-state index is -3.73. The predicted octanol–water partition coefficient (Wildman–Crippen LogP) is 1.87. The van der Waals surface area contributed by atoms with Gasteiger partial charge in [-0.05, 0) is 31.9 Å². The fourth-order valence-corrected chi connectivity index (χ4v) is 2.53. The van der Waals surface area contributed by atoms with Crippen LogP contribution in [-0.4, -0.2) is 14.0 Å². The average Bonchev–Trinajstić information content (AvgIpc) is 2.98. The molecule has 1 aliphatic rings. The molecule has 0 N–H and O–H groups in total. The molecule has 1 aromatic carbocycles. The minimum Gasteiger partial charge on any atom is -0.247 e. The minimum absolute atomic E-state index is 0.152. The van der Waals surface area contributed by atoms with Crippen LogP contribution >= 0.6 is 0 Å². The fourth-order valence-electron chi connectivity index (χ4n) is 1.33. The summed E-state index contributed by atoms with van der Waals surface area (Å²) in [7, 11) is -3.73. The monoisotopic (exact) mass is 236 g/mol. The van der Waals surface area contributed by atoms with Crippen molar-refractivity contribution < 1.29 is 12.6 Å². The highest BCUT2D eigenvalue weighted by Gasteiger charge is 2.46. The van der Waals surface area contributed by atoms with Crippen molar-refractivity contribution in [1.82, 2.24) is 0 Å². The average molecular weight is 236 g/mol. The van der Waals surface area contributed by atoms with Crippen molar-refractivity contribution >= 4 is 10.1 Å². The quantitative estimate of drug-likeness (QED) is 0.594. The number of benzene rings is 1. The molecule has 0 saturated heterocycles. The molecule has 84 valence electrons. The Hall–Kier alpha value is -1.31. The van der Waals surface area contributed by atoms with Crippen LogP contribution in [0, 0.1) is 19.3 Å². The number of hydrogen-bond donors (Lipinski definition) is 0. The summed E-state index contributed by atoms with van der Waals surface area (Å²) in [6.45, 7) is 1.89. The molecule has 1 saturated carbocycles. The van der Waals surface area contributed by atoms with Gasteiger partial charge in [-0.1, -0.05) is 23.6 Å². The summed E-state index contributed by atoms with van der Waals surface area (Å²) >= 11 is 0. The molecule has 0 aliphatic heterocycles. The van der Waals surface area contributed by atoms with Crippen molar-refractivity contribution in [3.8, 4) is 12.3 Å². The summed E-state index contributed by atoms with van der Waals surface area (Å²) in [5.74, 6) is 2.39. The lowest BCUT2D eigenvalue weighted by atomic mass is 10.2. The molecule has 0 unspecified atom stereocenters. The third-order valence-corrected chi connectivity index (χ3v) is 3.93. The van der Waals surface area contributed by atoms with Gasteiger partial charge in [0.05, 0.1) is 4.90 Å². The third kappa shape index (κ3) is 2.11. The largest absolute Gasteiger partial charge is 0.298 e. The molecule has 3 nitrogen and oxygen atoms in total. The molecule has 2 rings (SSSR count). The van der Waals surface area contributed by atoms with Gasteiger partial charge in [-0.3, -0.25) is 0 Å². The van der Waals surface area contributed by atoms with Gasteiger partial charge < -0.3 is 0 Å². The van der Waals surface area contributed by atoms with E-state index in [1.807, 2.05) is 6.92 Å². The summed E-state index contributed by atoms with van der Waals surface area (Å²) in [6, 6.07) is 6.51. The third-order valence-electron chi connectivity index (χ3n) is 2.55. The van der Waals surface area contributed by atoms with Crippen molar-refractivity contribution in [3.05, 3.63) is 29.8 Å². The van der Waals surface area contributed by atoms with E-state index >= 15 is 0 Å². The van der Waals surface area contributed by atoms with Gasteiger partial charge in [0.15, 0.2) is 0 Å². The molecule has 0 bridgehead atoms. The standard InChI is InChI=1S/C12H12O3S/c1-3-12(8-9-12)15-16(13,14)11-6-4-10(2)5-7-11/h1,4-7H,8-9H2,2H3. The Morgan fingerprint density at radius 3 is 2.31 bits per heavy atom. The van der Waals surface area contributed by atoms with Gasteiger partial charge in [0.1, 0.15) is 5.60 Å². The van der Waals surface area contributed by atoms with Gasteiger partial charge in [-0.2, -0.15) is 8.42 Å². The van der Waals surface area contributed by atoms with E-state index in [1.54, 1.807) is 12.1 Å². The predicted molar refractivity (Wildman–Crippen MR) is 60.2 cm³/mol. The van der Waals surface area contributed by atoms with Crippen LogP contribution in [-0.2, 0) is 14.3 Å². The van der Waals surface area contributed by atoms with Crippen LogP contribution in [0.5, 0.6) is 0 Å². The first kappa shape index (κ1) is 11.2. The maximum Gasteiger partial charge on any atom is 0.298 e. The summed E-state index contributed by atoms with van der Waals surface area (Å²) in [5.41, 5.74) is 0.112. The van der Waals surface area contributed by atoms with Gasteiger partial charge in [0, 0.05) is 0 Å². The number of terminal acetylenes is 1. The second kappa shape index (κ2) is 3.62. The molecule has 1 aliphatic carbocycles. The molecule has 0 radical (unpaired) electrons. The van der Waals surface area contributed by atoms with Crippen molar-refractivity contribution in [3.63, 3.8) is 0 Å². The van der Waals surface area contributed by atoms with Crippen LogP contribution in [0.3, 0.4) is 0 Å². The molecule has 0 aromatic heterocycles. The number of rotatable bonds is 3. The molecular formula is C12H12O3S. The Kier molecular flexibility index (Phi) is 2.53. The lowest BCUT2D eigenvalue weighted by Crippen LogP contribution is -2.18. The Bertz CT molecular complexity index is 531. The normalized spacial score (nSPS) is 17.8. The van der Waals surface area contributed by atoms with Crippen molar-refractivity contribution in [1.29, 1.82) is 0 Å². The highest BCUT2D eigenvalue weighted by Crippen LogP contribution is 2.41. The zero-order valence-electron chi connectivity index (χ0n) is 8.93. The fraction of sp³-hybridized carbons (Fsp3) is 0.333. The SMILES string of the molecule is C#CC1(OS(=O)(=O)c2ccc(C)cc2)CC1. The summed E-state index contributed by atoms with van der Waals surface area (Å²) in [6.07, 6.45) is 6.45. The summed E-state index contributed by atoms with van der Waals surface area (Å²) in [5, 5.41) is 0. The van der Waals surface area contributed by atoms with E-state index in [0.29, 0.717) is 12.8 Å². The van der Waals surface area contributed by atoms with E-state index in [-0.39, 0.29) is 4.90 Å². The molecule has 1 aromatic rings. The molecular weight excluding hydrogens is 224 g/mol. The zero-order chi connectivity index (χ0) is 11.8. The van der Waals surface area contributed by atoms with Gasteiger partial charge in [0.25, 0.3) is 10.1 Å². The molecule has 0 spiro atoms. The Labute approximate surface area is 95.6 Å². The van der Waals surface area contributed by atoms with E-state index in [4.69, 9.17) is 10.6 Å². The first-order chi connectivity index (χ1) is 7.47. The smallest absolute Gasteiger partial charge is 0.247 e. The molecule has 0 heterocycles. The van der Waals surface area contributed by atoms with Gasteiger partial charge in [-0.25, -0.2) is 4.18 Å². The van der Waals surface area contributed by atoms with E-state index in [9.17, 15) is 8.42 Å². The van der Waals surface area contributed by atoms with Crippen LogP contribution in [0.1, 0.15) is 18.4 Å². The zero-order valence-corrected chi connectivity index (χ0v) is 9.75. The van der Waals surface area contributed by atoms with Gasteiger partial charge >= 0.3 is 0 Å². The number of aryl methyl sites for hydroxylation is 1. The Morgan fingerprint density at radius 2 is 1.88 bits per heavy atom. The molecule has 0 amide bonds. The van der Waals surface area contributed by atoms with E-state index in [0.717, 1.165) is 5.56 Å². The van der Waals surface area contributed by atoms with Crippen molar-refractivity contribution in [2.45, 2.75) is 30.3 Å². The van der Waals surface area contributed by atoms with Crippen molar-refractivity contribution in [2.24, 2.45) is 0 Å². The van der Waals surface area contributed by atoms with E-state index < -0.39 is 15.7 Å². The maximum atomic E-state index is 11.8. The van der Waals surface area contributed by atoms with Crippen LogP contribution in [0.25, 0.3) is 0 Å².